The number of amides is 4. The Morgan fingerprint density at radius 1 is 0.911 bits per heavy atom. The van der Waals surface area contributed by atoms with Crippen molar-refractivity contribution in [1.82, 2.24) is 9.80 Å². The van der Waals surface area contributed by atoms with E-state index in [0.29, 0.717) is 45.1 Å². The lowest BCUT2D eigenvalue weighted by atomic mass is 10.0. The van der Waals surface area contributed by atoms with E-state index < -0.39 is 29.1 Å². The van der Waals surface area contributed by atoms with Gasteiger partial charge in [0, 0.05) is 42.9 Å². The molecule has 1 saturated heterocycles. The van der Waals surface area contributed by atoms with Crippen LogP contribution in [0.5, 0.6) is 0 Å². The van der Waals surface area contributed by atoms with Gasteiger partial charge in [0.2, 0.25) is 0 Å². The molecule has 3 aromatic carbocycles. The van der Waals surface area contributed by atoms with Crippen LogP contribution in [-0.2, 0) is 15.8 Å². The van der Waals surface area contributed by atoms with Gasteiger partial charge in [-0.3, -0.25) is 14.5 Å². The molecule has 0 unspecified atom stereocenters. The number of hydrogen-bond donors (Lipinski definition) is 1. The van der Waals surface area contributed by atoms with Crippen LogP contribution in [0, 0.1) is 11.3 Å². The quantitative estimate of drug-likeness (QED) is 0.232. The number of benzene rings is 3. The number of anilines is 2. The third-order valence-electron chi connectivity index (χ3n) is 8.19. The molecule has 2 aliphatic rings. The van der Waals surface area contributed by atoms with Crippen molar-refractivity contribution in [2.75, 3.05) is 42.9 Å². The van der Waals surface area contributed by atoms with Crippen LogP contribution in [0.2, 0.25) is 0 Å². The minimum absolute atomic E-state index is 0.154. The molecule has 8 nitrogen and oxygen atoms in total. The number of rotatable bonds is 8. The van der Waals surface area contributed by atoms with Crippen LogP contribution in [0.3, 0.4) is 0 Å². The molecule has 4 amide bonds. The topological polar surface area (TPSA) is 96.8 Å². The largest absolute Gasteiger partial charge is 0.417 e. The summed E-state index contributed by atoms with van der Waals surface area (Å²) in [6.07, 6.45) is -3.14. The number of nitrogens with one attached hydrogen (secondary N) is 1. The molecular weight excluding hydrogens is 583 g/mol. The summed E-state index contributed by atoms with van der Waals surface area (Å²) in [5.74, 6) is -1.29. The van der Waals surface area contributed by atoms with E-state index in [-0.39, 0.29) is 22.9 Å². The van der Waals surface area contributed by atoms with Crippen LogP contribution in [0.1, 0.15) is 37.3 Å². The molecule has 0 atom stereocenters. The van der Waals surface area contributed by atoms with Crippen molar-refractivity contribution < 1.29 is 27.6 Å². The molecule has 2 heterocycles. The lowest BCUT2D eigenvalue weighted by molar-refractivity contribution is -0.138. The van der Waals surface area contributed by atoms with Crippen molar-refractivity contribution in [3.63, 3.8) is 0 Å². The number of para-hydroxylation sites is 1. The number of alkyl halides is 3. The van der Waals surface area contributed by atoms with E-state index in [1.807, 2.05) is 54.6 Å². The molecule has 0 aromatic heterocycles. The molecule has 45 heavy (non-hydrogen) atoms. The van der Waals surface area contributed by atoms with Gasteiger partial charge in [0.15, 0.2) is 0 Å². The number of halogens is 3. The molecule has 11 heteroatoms. The zero-order chi connectivity index (χ0) is 32.1. The number of nitriles is 1. The summed E-state index contributed by atoms with van der Waals surface area (Å²) in [6, 6.07) is 21.7. The molecule has 2 aliphatic heterocycles. The Morgan fingerprint density at radius 2 is 1.60 bits per heavy atom. The van der Waals surface area contributed by atoms with E-state index in [2.05, 4.69) is 10.2 Å². The van der Waals surface area contributed by atoms with Crippen LogP contribution in [0.15, 0.2) is 83.9 Å². The summed E-state index contributed by atoms with van der Waals surface area (Å²) in [4.78, 5) is 43.8. The van der Waals surface area contributed by atoms with Gasteiger partial charge >= 0.3 is 12.2 Å². The van der Waals surface area contributed by atoms with Crippen molar-refractivity contribution in [2.45, 2.75) is 32.4 Å². The highest BCUT2D eigenvalue weighted by Crippen LogP contribution is 2.37. The fourth-order valence-corrected chi connectivity index (χ4v) is 5.68. The van der Waals surface area contributed by atoms with E-state index >= 15 is 0 Å². The smallest absolute Gasteiger partial charge is 0.322 e. The lowest BCUT2D eigenvalue weighted by Crippen LogP contribution is -2.50. The van der Waals surface area contributed by atoms with Gasteiger partial charge in [0.1, 0.15) is 0 Å². The zero-order valence-electron chi connectivity index (χ0n) is 24.7. The Hall–Kier alpha value is -4.95. The normalized spacial score (nSPS) is 15.9. The molecule has 0 bridgehead atoms. The van der Waals surface area contributed by atoms with Gasteiger partial charge in [0.05, 0.1) is 28.6 Å². The van der Waals surface area contributed by atoms with Gasteiger partial charge in [0.25, 0.3) is 11.8 Å². The fourth-order valence-electron chi connectivity index (χ4n) is 5.68. The standard InChI is InChI=1S/C34H32F3N5O3/c1-23-27(32(44)42(31(23)43)26-15-14-25(22-38)29(21-26)34(35,36)37)11-7-8-16-40-17-19-41(20-18-40)33(45)39-30-13-6-5-12-28(30)24-9-3-2-4-10-24/h2-6,9-10,12-15,21H,7-8,11,16-20H2,1H3,(H,39,45). The van der Waals surface area contributed by atoms with Crippen LogP contribution < -0.4 is 10.2 Å². The average molecular weight is 616 g/mol. The first-order valence-electron chi connectivity index (χ1n) is 14.7. The zero-order valence-corrected chi connectivity index (χ0v) is 24.7. The van der Waals surface area contributed by atoms with Crippen molar-refractivity contribution in [3.05, 3.63) is 95.1 Å². The molecule has 0 saturated carbocycles. The van der Waals surface area contributed by atoms with Gasteiger partial charge in [-0.1, -0.05) is 48.5 Å². The predicted octanol–water partition coefficient (Wildman–Crippen LogP) is 6.45. The molecule has 1 fully saturated rings. The van der Waals surface area contributed by atoms with Crippen LogP contribution >= 0.6 is 0 Å². The van der Waals surface area contributed by atoms with E-state index in [4.69, 9.17) is 5.26 Å². The molecule has 1 N–H and O–H groups in total. The van der Waals surface area contributed by atoms with Gasteiger partial charge in [-0.05, 0) is 62.6 Å². The molecular formula is C34H32F3N5O3. The number of imide groups is 1. The van der Waals surface area contributed by atoms with Gasteiger partial charge in [-0.2, -0.15) is 18.4 Å². The van der Waals surface area contributed by atoms with Crippen LogP contribution in [0.4, 0.5) is 29.3 Å². The van der Waals surface area contributed by atoms with Crippen molar-refractivity contribution in [3.8, 4) is 17.2 Å². The Balaban J connectivity index is 1.10. The number of hydrogen-bond acceptors (Lipinski definition) is 5. The minimum Gasteiger partial charge on any atom is -0.322 e. The average Bonchev–Trinajstić information content (AvgIpc) is 3.25. The summed E-state index contributed by atoms with van der Waals surface area (Å²) >= 11 is 0. The Bertz CT molecular complexity index is 1670. The third-order valence-corrected chi connectivity index (χ3v) is 8.19. The number of piperazine rings is 1. The molecule has 232 valence electrons. The molecule has 0 spiro atoms. The van der Waals surface area contributed by atoms with E-state index in [0.717, 1.165) is 40.7 Å². The van der Waals surface area contributed by atoms with Gasteiger partial charge < -0.3 is 10.2 Å². The highest BCUT2D eigenvalue weighted by molar-refractivity contribution is 6.32. The summed E-state index contributed by atoms with van der Waals surface area (Å²) in [7, 11) is 0. The second kappa shape index (κ2) is 13.4. The van der Waals surface area contributed by atoms with Crippen LogP contribution in [-0.4, -0.2) is 60.4 Å². The maximum Gasteiger partial charge on any atom is 0.417 e. The SMILES string of the molecule is CC1=C(CCCCN2CCN(C(=O)Nc3ccccc3-c3ccccc3)CC2)C(=O)N(c2ccc(C#N)c(C(F)(F)F)c2)C1=O. The number of carbonyl (C=O) groups is 3. The fraction of sp³-hybridized carbons (Fsp3) is 0.294. The van der Waals surface area contributed by atoms with Crippen molar-refractivity contribution in [2.24, 2.45) is 0 Å². The highest BCUT2D eigenvalue weighted by atomic mass is 19.4. The van der Waals surface area contributed by atoms with E-state index in [1.54, 1.807) is 4.90 Å². The second-order valence-electron chi connectivity index (χ2n) is 11.0. The number of unbranched alkanes of at least 4 members (excludes halogenated alkanes) is 1. The van der Waals surface area contributed by atoms with E-state index in [1.165, 1.54) is 19.1 Å². The molecule has 0 aliphatic carbocycles. The Morgan fingerprint density at radius 3 is 2.29 bits per heavy atom. The first-order valence-corrected chi connectivity index (χ1v) is 14.7. The maximum absolute atomic E-state index is 13.5. The van der Waals surface area contributed by atoms with Crippen molar-refractivity contribution in [1.29, 1.82) is 5.26 Å². The molecule has 0 radical (unpaired) electrons. The van der Waals surface area contributed by atoms with Gasteiger partial charge in [-0.15, -0.1) is 0 Å². The number of carbonyl (C=O) groups excluding carboxylic acids is 3. The lowest BCUT2D eigenvalue weighted by Gasteiger charge is -2.34. The summed E-state index contributed by atoms with van der Waals surface area (Å²) in [6.45, 7) is 4.77. The Labute approximate surface area is 259 Å². The van der Waals surface area contributed by atoms with Crippen molar-refractivity contribution >= 4 is 29.2 Å². The maximum atomic E-state index is 13.5. The summed E-state index contributed by atoms with van der Waals surface area (Å²) in [5.41, 5.74) is 1.24. The third kappa shape index (κ3) is 6.91. The van der Waals surface area contributed by atoms with Crippen LogP contribution in [0.25, 0.3) is 11.1 Å². The van der Waals surface area contributed by atoms with Gasteiger partial charge in [-0.25, -0.2) is 9.69 Å². The number of urea groups is 1. The number of nitrogens with zero attached hydrogens (tertiary/aromatic N) is 4. The summed E-state index contributed by atoms with van der Waals surface area (Å²) < 4.78 is 40.4. The highest BCUT2D eigenvalue weighted by Gasteiger charge is 2.39. The monoisotopic (exact) mass is 615 g/mol. The summed E-state index contributed by atoms with van der Waals surface area (Å²) in [5, 5.41) is 12.1. The predicted molar refractivity (Wildman–Crippen MR) is 164 cm³/mol. The molecule has 5 rings (SSSR count). The first-order chi connectivity index (χ1) is 21.6. The Kier molecular flexibility index (Phi) is 9.34. The van der Waals surface area contributed by atoms with E-state index in [9.17, 15) is 27.6 Å². The first kappa shape index (κ1) is 31.5. The molecule has 3 aromatic rings. The second-order valence-corrected chi connectivity index (χ2v) is 11.0. The minimum atomic E-state index is -4.80.